The second-order valence-electron chi connectivity index (χ2n) is 2.95. The first-order chi connectivity index (χ1) is 4.55. The minimum atomic E-state index is -2.10. The number of rotatable bonds is 0. The molecule has 0 amide bonds. The van der Waals surface area contributed by atoms with Gasteiger partial charge in [0.05, 0.1) is 0 Å². The highest BCUT2D eigenvalue weighted by Gasteiger charge is 2.29. The fraction of sp³-hybridized carbons (Fsp3) is 1.00. The molecule has 3 nitrogen and oxygen atoms in total. The van der Waals surface area contributed by atoms with Crippen molar-refractivity contribution in [3.63, 3.8) is 0 Å². The highest BCUT2D eigenvalue weighted by atomic mass is 31.2. The summed E-state index contributed by atoms with van der Waals surface area (Å²) in [5.74, 6) is 0. The monoisotopic (exact) mass is 162 g/mol. The molecular formula is C6H15N2OP. The van der Waals surface area contributed by atoms with Gasteiger partial charge >= 0.3 is 0 Å². The van der Waals surface area contributed by atoms with Gasteiger partial charge in [0, 0.05) is 19.8 Å². The van der Waals surface area contributed by atoms with Crippen LogP contribution < -0.4 is 0 Å². The van der Waals surface area contributed by atoms with E-state index in [1.807, 2.05) is 30.1 Å². The molecule has 1 aliphatic rings. The molecule has 4 heteroatoms. The Balaban J connectivity index is 2.74. The molecule has 0 aromatic rings. The van der Waals surface area contributed by atoms with E-state index in [2.05, 4.69) is 0 Å². The van der Waals surface area contributed by atoms with Crippen molar-refractivity contribution >= 4 is 7.44 Å². The molecule has 0 atom stereocenters. The van der Waals surface area contributed by atoms with Gasteiger partial charge < -0.3 is 0 Å². The lowest BCUT2D eigenvalue weighted by Gasteiger charge is -2.37. The summed E-state index contributed by atoms with van der Waals surface area (Å²) < 4.78 is 15.7. The molecule has 1 aliphatic heterocycles. The molecule has 0 saturated carbocycles. The third kappa shape index (κ3) is 1.26. The third-order valence-corrected chi connectivity index (χ3v) is 5.16. The normalized spacial score (nSPS) is 28.7. The van der Waals surface area contributed by atoms with Crippen LogP contribution in [0.4, 0.5) is 0 Å². The third-order valence-electron chi connectivity index (χ3n) is 2.23. The van der Waals surface area contributed by atoms with Crippen LogP contribution in [0.5, 0.6) is 0 Å². The zero-order valence-electron chi connectivity index (χ0n) is 6.87. The quantitative estimate of drug-likeness (QED) is 0.498. The Morgan fingerprint density at radius 3 is 1.90 bits per heavy atom. The van der Waals surface area contributed by atoms with Gasteiger partial charge in [0.15, 0.2) is 0 Å². The molecule has 0 bridgehead atoms. The molecular weight excluding hydrogens is 147 g/mol. The molecule has 60 valence electrons. The standard InChI is InChI=1S/C6H15N2OP/c1-7-5-4-6-8(2)10(7,3)9/h4-6H2,1-3H3. The summed E-state index contributed by atoms with van der Waals surface area (Å²) in [5.41, 5.74) is 0. The van der Waals surface area contributed by atoms with Crippen molar-refractivity contribution in [2.75, 3.05) is 33.8 Å². The van der Waals surface area contributed by atoms with Crippen LogP contribution in [0.15, 0.2) is 0 Å². The first-order valence-corrected chi connectivity index (χ1v) is 5.62. The Kier molecular flexibility index (Phi) is 2.18. The summed E-state index contributed by atoms with van der Waals surface area (Å²) in [7, 11) is 1.75. The van der Waals surface area contributed by atoms with E-state index in [9.17, 15) is 4.57 Å². The molecule has 0 radical (unpaired) electrons. The van der Waals surface area contributed by atoms with Crippen LogP contribution in [-0.2, 0) is 4.57 Å². The number of hydrogen-bond donors (Lipinski definition) is 0. The average molecular weight is 162 g/mol. The van der Waals surface area contributed by atoms with Gasteiger partial charge in [-0.3, -0.25) is 4.57 Å². The minimum absolute atomic E-state index is 0.970. The maximum Gasteiger partial charge on any atom is 0.213 e. The van der Waals surface area contributed by atoms with Crippen LogP contribution in [0.1, 0.15) is 6.42 Å². The van der Waals surface area contributed by atoms with Crippen LogP contribution in [0.25, 0.3) is 0 Å². The van der Waals surface area contributed by atoms with Gasteiger partial charge in [0.2, 0.25) is 7.44 Å². The Hall–Kier alpha value is 0.150. The summed E-state index contributed by atoms with van der Waals surface area (Å²) in [4.78, 5) is 0. The minimum Gasteiger partial charge on any atom is -0.289 e. The molecule has 0 N–H and O–H groups in total. The zero-order valence-corrected chi connectivity index (χ0v) is 7.77. The second-order valence-corrected chi connectivity index (χ2v) is 5.99. The summed E-state index contributed by atoms with van der Waals surface area (Å²) in [6.45, 7) is 3.77. The summed E-state index contributed by atoms with van der Waals surface area (Å²) in [6, 6.07) is 0. The van der Waals surface area contributed by atoms with E-state index in [1.54, 1.807) is 0 Å². The summed E-state index contributed by atoms with van der Waals surface area (Å²) in [5, 5.41) is 0. The second kappa shape index (κ2) is 2.65. The Bertz CT molecular complexity index is 157. The van der Waals surface area contributed by atoms with E-state index in [0.29, 0.717) is 0 Å². The van der Waals surface area contributed by atoms with Crippen LogP contribution in [0.2, 0.25) is 0 Å². The van der Waals surface area contributed by atoms with Gasteiger partial charge in [-0.25, -0.2) is 9.34 Å². The molecule has 0 aromatic carbocycles. The van der Waals surface area contributed by atoms with Crippen LogP contribution >= 0.6 is 7.44 Å². The van der Waals surface area contributed by atoms with E-state index in [1.165, 1.54) is 0 Å². The molecule has 1 fully saturated rings. The fourth-order valence-electron chi connectivity index (χ4n) is 1.16. The van der Waals surface area contributed by atoms with E-state index in [4.69, 9.17) is 0 Å². The molecule has 10 heavy (non-hydrogen) atoms. The Labute approximate surface area is 62.5 Å². The number of nitrogens with zero attached hydrogens (tertiary/aromatic N) is 2. The summed E-state index contributed by atoms with van der Waals surface area (Å²) >= 11 is 0. The maximum absolute atomic E-state index is 11.7. The largest absolute Gasteiger partial charge is 0.289 e. The fourth-order valence-corrected chi connectivity index (χ4v) is 2.71. The van der Waals surface area contributed by atoms with E-state index < -0.39 is 7.44 Å². The molecule has 0 aliphatic carbocycles. The van der Waals surface area contributed by atoms with Gasteiger partial charge in [0.1, 0.15) is 0 Å². The van der Waals surface area contributed by atoms with Crippen molar-refractivity contribution in [3.05, 3.63) is 0 Å². The van der Waals surface area contributed by atoms with Crippen molar-refractivity contribution in [3.8, 4) is 0 Å². The molecule has 1 saturated heterocycles. The lowest BCUT2D eigenvalue weighted by molar-refractivity contribution is 0.336. The van der Waals surface area contributed by atoms with E-state index in [0.717, 1.165) is 19.5 Å². The summed E-state index contributed by atoms with van der Waals surface area (Å²) in [6.07, 6.45) is 1.13. The predicted molar refractivity (Wildman–Crippen MR) is 43.4 cm³/mol. The maximum atomic E-state index is 11.7. The molecule has 1 rings (SSSR count). The molecule has 0 unspecified atom stereocenters. The first kappa shape index (κ1) is 8.25. The van der Waals surface area contributed by atoms with Gasteiger partial charge in [-0.1, -0.05) is 0 Å². The van der Waals surface area contributed by atoms with Gasteiger partial charge in [-0.2, -0.15) is 0 Å². The molecule has 0 aromatic heterocycles. The van der Waals surface area contributed by atoms with Crippen molar-refractivity contribution in [2.45, 2.75) is 6.42 Å². The van der Waals surface area contributed by atoms with E-state index >= 15 is 0 Å². The van der Waals surface area contributed by atoms with Crippen LogP contribution in [-0.4, -0.2) is 43.2 Å². The smallest absolute Gasteiger partial charge is 0.213 e. The molecule has 1 heterocycles. The highest BCUT2D eigenvalue weighted by molar-refractivity contribution is 7.58. The van der Waals surface area contributed by atoms with Gasteiger partial charge in [0.25, 0.3) is 0 Å². The van der Waals surface area contributed by atoms with Crippen molar-refractivity contribution < 1.29 is 4.57 Å². The predicted octanol–water partition coefficient (Wildman–Crippen LogP) is 1.08. The SMILES string of the molecule is CN1CCCN(C)P1(C)=O. The van der Waals surface area contributed by atoms with E-state index in [-0.39, 0.29) is 0 Å². The molecule has 0 spiro atoms. The number of hydrogen-bond acceptors (Lipinski definition) is 1. The van der Waals surface area contributed by atoms with Crippen LogP contribution in [0, 0.1) is 0 Å². The topological polar surface area (TPSA) is 23.6 Å². The van der Waals surface area contributed by atoms with Crippen molar-refractivity contribution in [1.29, 1.82) is 0 Å². The Morgan fingerprint density at radius 2 is 1.60 bits per heavy atom. The van der Waals surface area contributed by atoms with Crippen molar-refractivity contribution in [1.82, 2.24) is 9.34 Å². The lowest BCUT2D eigenvalue weighted by Crippen LogP contribution is -2.34. The first-order valence-electron chi connectivity index (χ1n) is 3.56. The van der Waals surface area contributed by atoms with Gasteiger partial charge in [-0.15, -0.1) is 0 Å². The average Bonchev–Trinajstić information content (AvgIpc) is 1.84. The lowest BCUT2D eigenvalue weighted by atomic mass is 10.4. The zero-order chi connectivity index (χ0) is 7.78. The van der Waals surface area contributed by atoms with Crippen LogP contribution in [0.3, 0.4) is 0 Å². The Morgan fingerprint density at radius 1 is 1.20 bits per heavy atom. The highest BCUT2D eigenvalue weighted by Crippen LogP contribution is 2.49. The van der Waals surface area contributed by atoms with Crippen molar-refractivity contribution in [2.24, 2.45) is 0 Å². The van der Waals surface area contributed by atoms with Gasteiger partial charge in [-0.05, 0) is 20.5 Å².